The van der Waals surface area contributed by atoms with Gasteiger partial charge in [-0.2, -0.15) is 0 Å². The molecule has 0 radical (unpaired) electrons. The first-order valence-corrected chi connectivity index (χ1v) is 23.6. The molecule has 1 unspecified atom stereocenters. The summed E-state index contributed by atoms with van der Waals surface area (Å²) in [5, 5.41) is 6.33. The second-order valence-corrected chi connectivity index (χ2v) is 18.3. The van der Waals surface area contributed by atoms with Crippen LogP contribution in [0, 0.1) is 0 Å². The van der Waals surface area contributed by atoms with Crippen molar-refractivity contribution >= 4 is 33.3 Å². The number of hydrogen-bond donors (Lipinski definition) is 1. The van der Waals surface area contributed by atoms with Crippen LogP contribution >= 0.6 is 0 Å². The Kier molecular flexibility index (Phi) is 8.56. The molecule has 68 heavy (non-hydrogen) atoms. The first kappa shape index (κ1) is 38.5. The fourth-order valence-corrected chi connectivity index (χ4v) is 11.7. The molecule has 2 aliphatic carbocycles. The van der Waals surface area contributed by atoms with Crippen molar-refractivity contribution in [2.24, 2.45) is 4.99 Å². The third kappa shape index (κ3) is 5.76. The maximum atomic E-state index is 5.14. The van der Waals surface area contributed by atoms with E-state index < -0.39 is 5.41 Å². The summed E-state index contributed by atoms with van der Waals surface area (Å²) in [5.41, 5.74) is 22.6. The lowest BCUT2D eigenvalue weighted by Crippen LogP contribution is -2.31. The first-order valence-electron chi connectivity index (χ1n) is 23.6. The zero-order chi connectivity index (χ0) is 44.8. The van der Waals surface area contributed by atoms with Gasteiger partial charge in [0.1, 0.15) is 5.84 Å². The Morgan fingerprint density at radius 3 is 1.49 bits per heavy atom. The molecule has 3 heteroatoms. The Balaban J connectivity index is 0.913. The minimum Gasteiger partial charge on any atom is -0.359 e. The Hall–Kier alpha value is -8.79. The predicted molar refractivity (Wildman–Crippen MR) is 281 cm³/mol. The van der Waals surface area contributed by atoms with E-state index in [9.17, 15) is 0 Å². The van der Waals surface area contributed by atoms with Crippen LogP contribution in [0.15, 0.2) is 254 Å². The SMILES string of the molecule is C1=C(c2ccccc2)N=C(c2ccccc2)NC1c1cccc(-c2ccc3c(c2)C2(c4ccccc4-c4ccccc42)c2cc(-c4cccc(-n5c6ccccc6c6ccccc65)c4)ccc2-3)c1. The third-order valence-corrected chi connectivity index (χ3v) is 14.7. The van der Waals surface area contributed by atoms with E-state index >= 15 is 0 Å². The molecule has 0 fully saturated rings. The number of fused-ring (bicyclic) bond motifs is 13. The first-order chi connectivity index (χ1) is 33.7. The highest BCUT2D eigenvalue weighted by Gasteiger charge is 2.51. The number of aromatic nitrogens is 1. The van der Waals surface area contributed by atoms with Crippen molar-refractivity contribution in [3.63, 3.8) is 0 Å². The Morgan fingerprint density at radius 1 is 0.368 bits per heavy atom. The number of aliphatic imine (C=N–C) groups is 1. The zero-order valence-electron chi connectivity index (χ0n) is 37.1. The summed E-state index contributed by atoms with van der Waals surface area (Å²) in [5.74, 6) is 0.871. The maximum absolute atomic E-state index is 5.14. The molecule has 3 aliphatic rings. The van der Waals surface area contributed by atoms with Crippen molar-refractivity contribution in [2.45, 2.75) is 11.5 Å². The van der Waals surface area contributed by atoms with Crippen molar-refractivity contribution < 1.29 is 0 Å². The van der Waals surface area contributed by atoms with Crippen molar-refractivity contribution in [3.05, 3.63) is 288 Å². The number of para-hydroxylation sites is 2. The molecule has 0 bridgehead atoms. The van der Waals surface area contributed by atoms with E-state index in [0.717, 1.165) is 28.3 Å². The molecule has 0 amide bonds. The highest BCUT2D eigenvalue weighted by molar-refractivity contribution is 6.09. The van der Waals surface area contributed by atoms with Gasteiger partial charge in [-0.3, -0.25) is 0 Å². The van der Waals surface area contributed by atoms with E-state index in [0.29, 0.717) is 0 Å². The van der Waals surface area contributed by atoms with Crippen molar-refractivity contribution in [1.29, 1.82) is 0 Å². The number of amidine groups is 1. The lowest BCUT2D eigenvalue weighted by atomic mass is 9.70. The standard InChI is InChI=1S/C65H43N3/c1-3-17-42(18-4-1)60-41-61(67-64(66-60)43-19-5-2-6-20-43)48-23-15-21-44(37-48)46-33-35-52-53-36-34-47(40-59(53)65(58(52)39-46)56-29-11-7-25-50(56)51-26-8-12-30-57(51)65)45-22-16-24-49(38-45)68-62-31-13-9-27-54(62)55-28-10-14-32-63(55)68/h1-41,61H,(H,66,67). The number of benzene rings is 10. The molecule has 0 saturated heterocycles. The lowest BCUT2D eigenvalue weighted by molar-refractivity contribution is 0.781. The molecule has 1 aromatic heterocycles. The van der Waals surface area contributed by atoms with Gasteiger partial charge in [-0.1, -0.05) is 200 Å². The predicted octanol–water partition coefficient (Wildman–Crippen LogP) is 15.6. The summed E-state index contributed by atoms with van der Waals surface area (Å²) in [6.07, 6.45) is 2.26. The van der Waals surface area contributed by atoms with E-state index in [1.54, 1.807) is 0 Å². The molecule has 14 rings (SSSR count). The monoisotopic (exact) mass is 865 g/mol. The second-order valence-electron chi connectivity index (χ2n) is 18.3. The van der Waals surface area contributed by atoms with Gasteiger partial charge in [-0.15, -0.1) is 0 Å². The van der Waals surface area contributed by atoms with E-state index in [1.165, 1.54) is 94.1 Å². The van der Waals surface area contributed by atoms with Crippen LogP contribution in [0.2, 0.25) is 0 Å². The Labute approximate surface area is 395 Å². The number of nitrogens with one attached hydrogen (secondary N) is 1. The summed E-state index contributed by atoms with van der Waals surface area (Å²) in [6, 6.07) is 89.1. The van der Waals surface area contributed by atoms with Gasteiger partial charge in [-0.05, 0) is 126 Å². The molecule has 318 valence electrons. The maximum Gasteiger partial charge on any atom is 0.134 e. The average molecular weight is 866 g/mol. The summed E-state index contributed by atoms with van der Waals surface area (Å²) in [4.78, 5) is 5.14. The topological polar surface area (TPSA) is 29.3 Å². The minimum atomic E-state index is -0.509. The normalized spacial score (nSPS) is 15.0. The molecule has 0 saturated carbocycles. The van der Waals surface area contributed by atoms with Crippen LogP contribution in [-0.2, 0) is 5.41 Å². The van der Waals surface area contributed by atoms with Crippen LogP contribution in [0.25, 0.3) is 77.7 Å². The Morgan fingerprint density at radius 2 is 0.853 bits per heavy atom. The number of rotatable bonds is 6. The fourth-order valence-electron chi connectivity index (χ4n) is 11.7. The van der Waals surface area contributed by atoms with Gasteiger partial charge in [0.15, 0.2) is 0 Å². The summed E-state index contributed by atoms with van der Waals surface area (Å²) >= 11 is 0. The highest BCUT2D eigenvalue weighted by atomic mass is 15.0. The third-order valence-electron chi connectivity index (χ3n) is 14.7. The molecule has 1 aliphatic heterocycles. The van der Waals surface area contributed by atoms with E-state index in [-0.39, 0.29) is 6.04 Å². The number of hydrogen-bond acceptors (Lipinski definition) is 2. The van der Waals surface area contributed by atoms with Gasteiger partial charge < -0.3 is 9.88 Å². The van der Waals surface area contributed by atoms with Gasteiger partial charge >= 0.3 is 0 Å². The molecule has 3 nitrogen and oxygen atoms in total. The summed E-state index contributed by atoms with van der Waals surface area (Å²) < 4.78 is 2.41. The van der Waals surface area contributed by atoms with Gasteiger partial charge in [-0.25, -0.2) is 4.99 Å². The van der Waals surface area contributed by atoms with Gasteiger partial charge in [0.05, 0.1) is 28.2 Å². The minimum absolute atomic E-state index is 0.0802. The zero-order valence-corrected chi connectivity index (χ0v) is 37.1. The quantitative estimate of drug-likeness (QED) is 0.177. The molecular formula is C65H43N3. The van der Waals surface area contributed by atoms with E-state index in [4.69, 9.17) is 4.99 Å². The fraction of sp³-hybridized carbons (Fsp3) is 0.0308. The Bertz CT molecular complexity index is 3790. The van der Waals surface area contributed by atoms with Crippen molar-refractivity contribution in [1.82, 2.24) is 9.88 Å². The van der Waals surface area contributed by atoms with Gasteiger partial charge in [0, 0.05) is 22.0 Å². The lowest BCUT2D eigenvalue weighted by Gasteiger charge is -2.31. The van der Waals surface area contributed by atoms with Crippen LogP contribution in [0.5, 0.6) is 0 Å². The molecule has 1 N–H and O–H groups in total. The van der Waals surface area contributed by atoms with E-state index in [2.05, 4.69) is 259 Å². The highest BCUT2D eigenvalue weighted by Crippen LogP contribution is 2.63. The molecule has 11 aromatic rings. The number of nitrogens with zero attached hydrogens (tertiary/aromatic N) is 2. The summed E-state index contributed by atoms with van der Waals surface area (Å²) in [7, 11) is 0. The van der Waals surface area contributed by atoms with Crippen LogP contribution in [-0.4, -0.2) is 10.4 Å². The van der Waals surface area contributed by atoms with Crippen molar-refractivity contribution in [2.75, 3.05) is 0 Å². The molecule has 2 heterocycles. The van der Waals surface area contributed by atoms with Gasteiger partial charge in [0.25, 0.3) is 0 Å². The van der Waals surface area contributed by atoms with Crippen LogP contribution < -0.4 is 5.32 Å². The molecule has 10 aromatic carbocycles. The largest absolute Gasteiger partial charge is 0.359 e. The van der Waals surface area contributed by atoms with Crippen LogP contribution in [0.4, 0.5) is 0 Å². The second kappa shape index (κ2) is 15.1. The van der Waals surface area contributed by atoms with Crippen molar-refractivity contribution in [3.8, 4) is 50.2 Å². The van der Waals surface area contributed by atoms with Crippen LogP contribution in [0.3, 0.4) is 0 Å². The van der Waals surface area contributed by atoms with Gasteiger partial charge in [0.2, 0.25) is 0 Å². The molecular weight excluding hydrogens is 823 g/mol. The molecule has 1 spiro atoms. The smallest absolute Gasteiger partial charge is 0.134 e. The average Bonchev–Trinajstić information content (AvgIpc) is 4.03. The summed E-state index contributed by atoms with van der Waals surface area (Å²) in [6.45, 7) is 0. The van der Waals surface area contributed by atoms with Crippen LogP contribution in [0.1, 0.15) is 45.0 Å². The molecule has 1 atom stereocenters. The van der Waals surface area contributed by atoms with E-state index in [1.807, 2.05) is 0 Å².